The van der Waals surface area contributed by atoms with Gasteiger partial charge in [0.2, 0.25) is 0 Å². The van der Waals surface area contributed by atoms with E-state index in [9.17, 15) is 4.79 Å². The van der Waals surface area contributed by atoms with Gasteiger partial charge in [0, 0.05) is 54.3 Å². The van der Waals surface area contributed by atoms with E-state index in [-0.39, 0.29) is 5.91 Å². The van der Waals surface area contributed by atoms with Gasteiger partial charge in [-0.25, -0.2) is 4.98 Å². The molecule has 2 aliphatic heterocycles. The predicted octanol–water partition coefficient (Wildman–Crippen LogP) is 3.46. The molecule has 5 rings (SSSR count). The minimum absolute atomic E-state index is 0.0909. The maximum absolute atomic E-state index is 13.3. The molecule has 2 aromatic heterocycles. The number of nitrogens with zero attached hydrogens (tertiary/aromatic N) is 4. The zero-order chi connectivity index (χ0) is 20.5. The third-order valence-electron chi connectivity index (χ3n) is 6.00. The molecule has 0 unspecified atom stereocenters. The average Bonchev–Trinajstić information content (AvgIpc) is 3.42. The van der Waals surface area contributed by atoms with Crippen LogP contribution in [0.3, 0.4) is 0 Å². The van der Waals surface area contributed by atoms with Crippen molar-refractivity contribution in [1.29, 1.82) is 0 Å². The number of amides is 1. The minimum Gasteiger partial charge on any atom is -0.378 e. The molecule has 1 aromatic carbocycles. The van der Waals surface area contributed by atoms with E-state index in [0.717, 1.165) is 53.2 Å². The standard InChI is InChI=1S/C23H26N4O2S/c1-16-24-13-18(30-16)15-26-7-6-17(14-26)22-12-20(19-4-2-3-5-21(19)25-22)23(28)27-8-10-29-11-9-27/h2-5,12-13,17H,6-11,14-15H2,1H3/t17-/m0/s1. The molecule has 0 saturated carbocycles. The lowest BCUT2D eigenvalue weighted by molar-refractivity contribution is 0.0304. The fourth-order valence-corrected chi connectivity index (χ4v) is 5.27. The second kappa shape index (κ2) is 8.41. The number of benzene rings is 1. The van der Waals surface area contributed by atoms with E-state index in [1.807, 2.05) is 48.4 Å². The first kappa shape index (κ1) is 19.6. The number of carbonyl (C=O) groups excluding carboxylic acids is 1. The van der Waals surface area contributed by atoms with Gasteiger partial charge >= 0.3 is 0 Å². The second-order valence-corrected chi connectivity index (χ2v) is 9.40. The van der Waals surface area contributed by atoms with Gasteiger partial charge in [0.05, 0.1) is 29.3 Å². The molecule has 2 fully saturated rings. The Kier molecular flexibility index (Phi) is 5.50. The van der Waals surface area contributed by atoms with Crippen molar-refractivity contribution in [1.82, 2.24) is 19.8 Å². The van der Waals surface area contributed by atoms with Gasteiger partial charge in [0.25, 0.3) is 5.91 Å². The summed E-state index contributed by atoms with van der Waals surface area (Å²) in [6.07, 6.45) is 3.05. The highest BCUT2D eigenvalue weighted by Crippen LogP contribution is 2.31. The number of ether oxygens (including phenoxy) is 1. The molecule has 0 aliphatic carbocycles. The molecular weight excluding hydrogens is 396 g/mol. The number of rotatable bonds is 4. The molecule has 156 valence electrons. The van der Waals surface area contributed by atoms with Crippen molar-refractivity contribution in [2.45, 2.75) is 25.8 Å². The largest absolute Gasteiger partial charge is 0.378 e. The Balaban J connectivity index is 1.41. The van der Waals surface area contributed by atoms with Crippen molar-refractivity contribution in [2.24, 2.45) is 0 Å². The topological polar surface area (TPSA) is 58.6 Å². The van der Waals surface area contributed by atoms with Crippen LogP contribution in [0.2, 0.25) is 0 Å². The fourth-order valence-electron chi connectivity index (χ4n) is 4.44. The quantitative estimate of drug-likeness (QED) is 0.644. The number of hydrogen-bond acceptors (Lipinski definition) is 6. The number of aryl methyl sites for hydroxylation is 1. The van der Waals surface area contributed by atoms with Crippen LogP contribution in [-0.2, 0) is 11.3 Å². The van der Waals surface area contributed by atoms with Crippen molar-refractivity contribution in [3.05, 3.63) is 57.7 Å². The van der Waals surface area contributed by atoms with Crippen LogP contribution in [0.5, 0.6) is 0 Å². The molecule has 1 atom stereocenters. The van der Waals surface area contributed by atoms with Gasteiger partial charge in [-0.15, -0.1) is 11.3 Å². The molecule has 0 N–H and O–H groups in total. The van der Waals surface area contributed by atoms with Crippen LogP contribution >= 0.6 is 11.3 Å². The van der Waals surface area contributed by atoms with E-state index in [0.29, 0.717) is 32.2 Å². The van der Waals surface area contributed by atoms with E-state index in [1.165, 1.54) is 4.88 Å². The van der Waals surface area contributed by atoms with Gasteiger partial charge in [-0.05, 0) is 32.0 Å². The Morgan fingerprint density at radius 1 is 1.23 bits per heavy atom. The highest BCUT2D eigenvalue weighted by atomic mass is 32.1. The summed E-state index contributed by atoms with van der Waals surface area (Å²) in [7, 11) is 0. The molecule has 4 heterocycles. The zero-order valence-corrected chi connectivity index (χ0v) is 18.0. The molecule has 0 radical (unpaired) electrons. The van der Waals surface area contributed by atoms with Crippen LogP contribution in [0.1, 0.15) is 38.3 Å². The van der Waals surface area contributed by atoms with Crippen LogP contribution in [0.15, 0.2) is 36.5 Å². The smallest absolute Gasteiger partial charge is 0.254 e. The van der Waals surface area contributed by atoms with Crippen molar-refractivity contribution >= 4 is 28.1 Å². The molecule has 0 bridgehead atoms. The van der Waals surface area contributed by atoms with Crippen LogP contribution < -0.4 is 0 Å². The average molecular weight is 423 g/mol. The molecule has 0 spiro atoms. The summed E-state index contributed by atoms with van der Waals surface area (Å²) in [4.78, 5) is 28.3. The zero-order valence-electron chi connectivity index (χ0n) is 17.2. The first-order valence-corrected chi connectivity index (χ1v) is 11.4. The number of morpholine rings is 1. The van der Waals surface area contributed by atoms with Gasteiger partial charge < -0.3 is 9.64 Å². The number of fused-ring (bicyclic) bond motifs is 1. The van der Waals surface area contributed by atoms with Gasteiger partial charge in [0.1, 0.15) is 0 Å². The number of aromatic nitrogens is 2. The first-order valence-electron chi connectivity index (χ1n) is 10.6. The number of pyridine rings is 1. The maximum Gasteiger partial charge on any atom is 0.254 e. The van der Waals surface area contributed by atoms with Crippen molar-refractivity contribution in [2.75, 3.05) is 39.4 Å². The summed E-state index contributed by atoms with van der Waals surface area (Å²) in [5.41, 5.74) is 2.71. The summed E-state index contributed by atoms with van der Waals surface area (Å²) in [6, 6.07) is 10.0. The van der Waals surface area contributed by atoms with Gasteiger partial charge in [-0.3, -0.25) is 14.7 Å². The third kappa shape index (κ3) is 3.97. The molecule has 1 amide bonds. The first-order chi connectivity index (χ1) is 14.7. The van der Waals surface area contributed by atoms with E-state index in [1.54, 1.807) is 11.3 Å². The summed E-state index contributed by atoms with van der Waals surface area (Å²) in [5.74, 6) is 0.438. The normalized spacial score (nSPS) is 20.2. The summed E-state index contributed by atoms with van der Waals surface area (Å²) < 4.78 is 5.42. The Hall–Kier alpha value is -2.35. The molecule has 30 heavy (non-hydrogen) atoms. The highest BCUT2D eigenvalue weighted by molar-refractivity contribution is 7.11. The van der Waals surface area contributed by atoms with Crippen LogP contribution in [0.25, 0.3) is 10.9 Å². The second-order valence-electron chi connectivity index (χ2n) is 8.08. The van der Waals surface area contributed by atoms with E-state index in [4.69, 9.17) is 9.72 Å². The van der Waals surface area contributed by atoms with Gasteiger partial charge in [-0.1, -0.05) is 18.2 Å². The van der Waals surface area contributed by atoms with Crippen molar-refractivity contribution in [3.63, 3.8) is 0 Å². The summed E-state index contributed by atoms with van der Waals surface area (Å²) in [6.45, 7) is 7.51. The van der Waals surface area contributed by atoms with Crippen LogP contribution in [0.4, 0.5) is 0 Å². The monoisotopic (exact) mass is 422 g/mol. The molecule has 6 nitrogen and oxygen atoms in total. The number of thiazole rings is 1. The SMILES string of the molecule is Cc1ncc(CN2CC[C@H](c3cc(C(=O)N4CCOCC4)c4ccccc4n3)C2)s1. The number of hydrogen-bond donors (Lipinski definition) is 0. The Bertz CT molecular complexity index is 1060. The fraction of sp³-hybridized carbons (Fsp3) is 0.435. The number of likely N-dealkylation sites (tertiary alicyclic amines) is 1. The van der Waals surface area contributed by atoms with Crippen LogP contribution in [-0.4, -0.2) is 65.1 Å². The summed E-state index contributed by atoms with van der Waals surface area (Å²) >= 11 is 1.77. The van der Waals surface area contributed by atoms with E-state index < -0.39 is 0 Å². The van der Waals surface area contributed by atoms with Crippen molar-refractivity contribution in [3.8, 4) is 0 Å². The van der Waals surface area contributed by atoms with Crippen LogP contribution in [0, 0.1) is 6.92 Å². The lowest BCUT2D eigenvalue weighted by Crippen LogP contribution is -2.40. The molecular formula is C23H26N4O2S. The predicted molar refractivity (Wildman–Crippen MR) is 118 cm³/mol. The molecule has 3 aromatic rings. The van der Waals surface area contributed by atoms with E-state index in [2.05, 4.69) is 9.88 Å². The van der Waals surface area contributed by atoms with E-state index >= 15 is 0 Å². The Labute approximate surface area is 180 Å². The third-order valence-corrected chi connectivity index (χ3v) is 6.90. The molecule has 2 aliphatic rings. The number of para-hydroxylation sites is 1. The number of carbonyl (C=O) groups is 1. The highest BCUT2D eigenvalue weighted by Gasteiger charge is 2.28. The lowest BCUT2D eigenvalue weighted by Gasteiger charge is -2.27. The molecule has 2 saturated heterocycles. The minimum atomic E-state index is 0.0909. The summed E-state index contributed by atoms with van der Waals surface area (Å²) in [5, 5.41) is 2.05. The Morgan fingerprint density at radius 2 is 2.07 bits per heavy atom. The van der Waals surface area contributed by atoms with Crippen molar-refractivity contribution < 1.29 is 9.53 Å². The Morgan fingerprint density at radius 3 is 2.87 bits per heavy atom. The lowest BCUT2D eigenvalue weighted by atomic mass is 9.99. The van der Waals surface area contributed by atoms with Gasteiger partial charge in [-0.2, -0.15) is 0 Å². The molecule has 7 heteroatoms. The maximum atomic E-state index is 13.3. The van der Waals surface area contributed by atoms with Gasteiger partial charge in [0.15, 0.2) is 0 Å².